The summed E-state index contributed by atoms with van der Waals surface area (Å²) in [5, 5.41) is 13.2. The van der Waals surface area contributed by atoms with Gasteiger partial charge in [0.05, 0.1) is 0 Å². The number of amides is 1. The number of benzene rings is 1. The lowest BCUT2D eigenvalue weighted by Gasteiger charge is -2.28. The van der Waals surface area contributed by atoms with Crippen molar-refractivity contribution in [1.82, 2.24) is 15.1 Å². The van der Waals surface area contributed by atoms with Crippen LogP contribution in [0.2, 0.25) is 0 Å². The number of likely N-dealkylation sites (tertiary alicyclic amines) is 1. The third kappa shape index (κ3) is 5.97. The highest BCUT2D eigenvalue weighted by Gasteiger charge is 2.17. The molecule has 0 bridgehead atoms. The Hall–Kier alpha value is -1.63. The van der Waals surface area contributed by atoms with Gasteiger partial charge in [0.1, 0.15) is 18.5 Å². The fourth-order valence-electron chi connectivity index (χ4n) is 3.67. The molecule has 1 unspecified atom stereocenters. The highest BCUT2D eigenvalue weighted by atomic mass is 16.5. The first-order valence-electron chi connectivity index (χ1n) is 9.81. The van der Waals surface area contributed by atoms with Crippen LogP contribution in [0.1, 0.15) is 31.2 Å². The maximum Gasteiger partial charge on any atom is 0.221 e. The monoisotopic (exact) mass is 361 g/mol. The fourth-order valence-corrected chi connectivity index (χ4v) is 3.67. The molecule has 2 aliphatic rings. The second kappa shape index (κ2) is 9.90. The lowest BCUT2D eigenvalue weighted by Crippen LogP contribution is -2.38. The zero-order valence-corrected chi connectivity index (χ0v) is 15.5. The first-order valence-corrected chi connectivity index (χ1v) is 9.81. The van der Waals surface area contributed by atoms with Crippen molar-refractivity contribution in [3.63, 3.8) is 0 Å². The van der Waals surface area contributed by atoms with Gasteiger partial charge in [0.15, 0.2) is 0 Å². The Morgan fingerprint density at radius 1 is 1.08 bits per heavy atom. The molecule has 6 nitrogen and oxygen atoms in total. The molecule has 0 saturated carbocycles. The van der Waals surface area contributed by atoms with E-state index in [0.717, 1.165) is 44.0 Å². The van der Waals surface area contributed by atoms with Crippen LogP contribution in [0.5, 0.6) is 5.75 Å². The summed E-state index contributed by atoms with van der Waals surface area (Å²) in [6.07, 6.45) is 3.82. The van der Waals surface area contributed by atoms with Gasteiger partial charge in [0.25, 0.3) is 0 Å². The molecule has 2 fully saturated rings. The third-order valence-corrected chi connectivity index (χ3v) is 5.12. The van der Waals surface area contributed by atoms with Gasteiger partial charge >= 0.3 is 0 Å². The number of rotatable bonds is 7. The number of nitrogens with one attached hydrogen (secondary N) is 1. The molecule has 1 aromatic carbocycles. The van der Waals surface area contributed by atoms with E-state index in [9.17, 15) is 9.90 Å². The normalized spacial score (nSPS) is 21.0. The number of hydrogen-bond donors (Lipinski definition) is 2. The lowest BCUT2D eigenvalue weighted by atomic mass is 10.1. The summed E-state index contributed by atoms with van der Waals surface area (Å²) < 4.78 is 5.95. The van der Waals surface area contributed by atoms with E-state index in [1.165, 1.54) is 19.3 Å². The average molecular weight is 361 g/mol. The lowest BCUT2D eigenvalue weighted by molar-refractivity contribution is -0.120. The molecule has 2 saturated heterocycles. The van der Waals surface area contributed by atoms with E-state index >= 15 is 0 Å². The summed E-state index contributed by atoms with van der Waals surface area (Å²) >= 11 is 0. The van der Waals surface area contributed by atoms with E-state index in [-0.39, 0.29) is 5.91 Å². The number of para-hydroxylation sites is 1. The Morgan fingerprint density at radius 3 is 2.73 bits per heavy atom. The van der Waals surface area contributed by atoms with Crippen LogP contribution in [0.4, 0.5) is 0 Å². The average Bonchev–Trinajstić information content (AvgIpc) is 2.86. The quantitative estimate of drug-likeness (QED) is 0.765. The molecule has 6 heteroatoms. The molecule has 1 amide bonds. The first-order chi connectivity index (χ1) is 12.7. The summed E-state index contributed by atoms with van der Waals surface area (Å²) in [5.74, 6) is 0.951. The van der Waals surface area contributed by atoms with Crippen molar-refractivity contribution in [2.75, 3.05) is 45.9 Å². The van der Waals surface area contributed by atoms with Crippen LogP contribution in [0.25, 0.3) is 0 Å². The highest BCUT2D eigenvalue weighted by molar-refractivity contribution is 5.76. The van der Waals surface area contributed by atoms with Gasteiger partial charge in [-0.2, -0.15) is 0 Å². The van der Waals surface area contributed by atoms with Gasteiger partial charge in [-0.25, -0.2) is 0 Å². The van der Waals surface area contributed by atoms with Crippen LogP contribution in [0.15, 0.2) is 24.3 Å². The fraction of sp³-hybridized carbons (Fsp3) is 0.650. The summed E-state index contributed by atoms with van der Waals surface area (Å²) in [6.45, 7) is 6.21. The number of nitrogens with zero attached hydrogens (tertiary/aromatic N) is 2. The Labute approximate surface area is 156 Å². The van der Waals surface area contributed by atoms with Gasteiger partial charge in [-0.3, -0.25) is 9.69 Å². The molecule has 0 aliphatic carbocycles. The Balaban J connectivity index is 1.50. The Morgan fingerprint density at radius 2 is 1.88 bits per heavy atom. The molecule has 2 heterocycles. The van der Waals surface area contributed by atoms with Crippen molar-refractivity contribution in [2.24, 2.45) is 0 Å². The number of hydrogen-bond acceptors (Lipinski definition) is 5. The van der Waals surface area contributed by atoms with Crippen LogP contribution in [-0.4, -0.2) is 72.8 Å². The smallest absolute Gasteiger partial charge is 0.221 e. The molecule has 2 aliphatic heterocycles. The second-order valence-electron chi connectivity index (χ2n) is 7.31. The number of ether oxygens (including phenoxy) is 1. The maximum atomic E-state index is 11.5. The molecular formula is C20H31N3O3. The van der Waals surface area contributed by atoms with Gasteiger partial charge < -0.3 is 20.1 Å². The van der Waals surface area contributed by atoms with E-state index in [1.807, 2.05) is 18.2 Å². The van der Waals surface area contributed by atoms with Gasteiger partial charge in [0.2, 0.25) is 5.91 Å². The van der Waals surface area contributed by atoms with Crippen LogP contribution >= 0.6 is 0 Å². The molecule has 0 aromatic heterocycles. The van der Waals surface area contributed by atoms with E-state index in [2.05, 4.69) is 21.2 Å². The van der Waals surface area contributed by atoms with Crippen LogP contribution in [0.3, 0.4) is 0 Å². The van der Waals surface area contributed by atoms with Crippen molar-refractivity contribution in [3.05, 3.63) is 29.8 Å². The van der Waals surface area contributed by atoms with Crippen molar-refractivity contribution in [3.8, 4) is 5.75 Å². The molecule has 3 rings (SSSR count). The minimum absolute atomic E-state index is 0.123. The molecule has 1 atom stereocenters. The highest BCUT2D eigenvalue weighted by Crippen LogP contribution is 2.21. The van der Waals surface area contributed by atoms with Gasteiger partial charge in [-0.15, -0.1) is 0 Å². The van der Waals surface area contributed by atoms with Crippen LogP contribution < -0.4 is 10.1 Å². The first kappa shape index (κ1) is 19.1. The largest absolute Gasteiger partial charge is 0.491 e. The third-order valence-electron chi connectivity index (χ3n) is 5.12. The topological polar surface area (TPSA) is 65.0 Å². The number of aliphatic hydroxyl groups is 1. The van der Waals surface area contributed by atoms with Gasteiger partial charge in [-0.1, -0.05) is 24.6 Å². The second-order valence-corrected chi connectivity index (χ2v) is 7.31. The summed E-state index contributed by atoms with van der Waals surface area (Å²) in [4.78, 5) is 16.1. The van der Waals surface area contributed by atoms with Crippen molar-refractivity contribution in [2.45, 2.75) is 38.3 Å². The minimum atomic E-state index is -0.471. The zero-order valence-electron chi connectivity index (χ0n) is 15.5. The van der Waals surface area contributed by atoms with Gasteiger partial charge in [0, 0.05) is 44.7 Å². The molecule has 144 valence electrons. The van der Waals surface area contributed by atoms with Crippen molar-refractivity contribution < 1.29 is 14.6 Å². The maximum absolute atomic E-state index is 11.5. The number of carbonyl (C=O) groups excluding carboxylic acids is 1. The Kier molecular flexibility index (Phi) is 7.29. The van der Waals surface area contributed by atoms with Crippen LogP contribution in [-0.2, 0) is 11.3 Å². The summed E-state index contributed by atoms with van der Waals surface area (Å²) in [6, 6.07) is 7.99. The minimum Gasteiger partial charge on any atom is -0.491 e. The molecule has 0 radical (unpaired) electrons. The predicted octanol–water partition coefficient (Wildman–Crippen LogP) is 1.23. The zero-order chi connectivity index (χ0) is 18.2. The number of carbonyl (C=O) groups is 1. The predicted molar refractivity (Wildman–Crippen MR) is 101 cm³/mol. The SMILES string of the molecule is O=C1CCN(Cc2ccccc2OCC(O)CN2CCCCC2)CCN1. The number of piperidine rings is 1. The standard InChI is InChI=1S/C20H31N3O3/c24-18(15-22-10-4-1-5-11-22)16-26-19-7-3-2-6-17(19)14-23-12-8-20(25)21-9-13-23/h2-3,6-7,18,24H,1,4-5,8-16H2,(H,21,25). The molecule has 1 aromatic rings. The van der Waals surface area contributed by atoms with E-state index in [1.54, 1.807) is 0 Å². The molecule has 0 spiro atoms. The van der Waals surface area contributed by atoms with Crippen LogP contribution in [0, 0.1) is 0 Å². The molecule has 26 heavy (non-hydrogen) atoms. The molecular weight excluding hydrogens is 330 g/mol. The van der Waals surface area contributed by atoms with Crippen molar-refractivity contribution in [1.29, 1.82) is 0 Å². The van der Waals surface area contributed by atoms with Crippen molar-refractivity contribution >= 4 is 5.91 Å². The number of aliphatic hydroxyl groups excluding tert-OH is 1. The Bertz CT molecular complexity index is 575. The number of β-amino-alcohol motifs (C(OH)–C–C–N with tert-alkyl or cyclic N) is 1. The molecule has 2 N–H and O–H groups in total. The van der Waals surface area contributed by atoms with Gasteiger partial charge in [-0.05, 0) is 32.0 Å². The summed E-state index contributed by atoms with van der Waals surface area (Å²) in [5.41, 5.74) is 1.10. The van der Waals surface area contributed by atoms with E-state index < -0.39 is 6.10 Å². The summed E-state index contributed by atoms with van der Waals surface area (Å²) in [7, 11) is 0. The van der Waals surface area contributed by atoms with E-state index in [0.29, 0.717) is 26.1 Å². The van der Waals surface area contributed by atoms with E-state index in [4.69, 9.17) is 4.74 Å².